The number of nitrogens with two attached hydrogens (primary N) is 1. The van der Waals surface area contributed by atoms with Crippen LogP contribution in [0.2, 0.25) is 0 Å². The number of nitrogens with zero attached hydrogens (tertiary/aromatic N) is 2. The van der Waals surface area contributed by atoms with Crippen LogP contribution in [0.15, 0.2) is 4.52 Å². The molecule has 6 nitrogen and oxygen atoms in total. The van der Waals surface area contributed by atoms with Crippen molar-refractivity contribution < 1.29 is 14.0 Å². The van der Waals surface area contributed by atoms with E-state index in [9.17, 15) is 0 Å². The Morgan fingerprint density at radius 1 is 1.44 bits per heavy atom. The van der Waals surface area contributed by atoms with Gasteiger partial charge >= 0.3 is 0 Å². The van der Waals surface area contributed by atoms with Gasteiger partial charge in [0.15, 0.2) is 0 Å². The van der Waals surface area contributed by atoms with Gasteiger partial charge in [0.1, 0.15) is 5.60 Å². The van der Waals surface area contributed by atoms with Gasteiger partial charge in [-0.05, 0) is 13.0 Å². The lowest BCUT2D eigenvalue weighted by Gasteiger charge is -2.32. The molecule has 1 aliphatic rings. The second-order valence-corrected chi connectivity index (χ2v) is 4.75. The maximum atomic E-state index is 5.63. The number of methoxy groups -OCH3 is 1. The summed E-state index contributed by atoms with van der Waals surface area (Å²) in [5.74, 6) is 1.45. The number of hydrogen-bond acceptors (Lipinski definition) is 6. The molecule has 1 atom stereocenters. The topological polar surface area (TPSA) is 83.4 Å². The molecule has 0 amide bonds. The lowest BCUT2D eigenvalue weighted by molar-refractivity contribution is -0.101. The number of aromatic nitrogens is 2. The van der Waals surface area contributed by atoms with Crippen LogP contribution in [-0.2, 0) is 15.1 Å². The van der Waals surface area contributed by atoms with Gasteiger partial charge in [0.2, 0.25) is 11.7 Å². The highest BCUT2D eigenvalue weighted by Gasteiger charge is 2.39. The van der Waals surface area contributed by atoms with Crippen molar-refractivity contribution in [3.05, 3.63) is 11.7 Å². The Kier molecular flexibility index (Phi) is 4.31. The second kappa shape index (κ2) is 5.77. The predicted octanol–water partition coefficient (Wildman–Crippen LogP) is 1.17. The minimum Gasteiger partial charge on any atom is -0.381 e. The summed E-state index contributed by atoms with van der Waals surface area (Å²) in [6, 6.07) is 0. The first-order valence-electron chi connectivity index (χ1n) is 6.39. The van der Waals surface area contributed by atoms with Crippen LogP contribution in [0.1, 0.15) is 43.8 Å². The van der Waals surface area contributed by atoms with Crippen LogP contribution in [0.4, 0.5) is 0 Å². The fraction of sp³-hybridized carbons (Fsp3) is 0.833. The van der Waals surface area contributed by atoms with Crippen molar-refractivity contribution in [3.63, 3.8) is 0 Å². The molecule has 1 fully saturated rings. The van der Waals surface area contributed by atoms with Gasteiger partial charge in [0.25, 0.3) is 0 Å². The van der Waals surface area contributed by atoms with Crippen molar-refractivity contribution in [1.29, 1.82) is 0 Å². The predicted molar refractivity (Wildman–Crippen MR) is 65.1 cm³/mol. The number of rotatable bonds is 5. The number of hydrogen-bond donors (Lipinski definition) is 1. The van der Waals surface area contributed by atoms with E-state index in [1.807, 2.05) is 6.92 Å². The van der Waals surface area contributed by atoms with Gasteiger partial charge in [-0.1, -0.05) is 12.1 Å². The molecule has 2 N–H and O–H groups in total. The van der Waals surface area contributed by atoms with Crippen molar-refractivity contribution in [2.45, 2.75) is 37.7 Å². The second-order valence-electron chi connectivity index (χ2n) is 4.75. The summed E-state index contributed by atoms with van der Waals surface area (Å²) < 4.78 is 16.3. The molecule has 6 heteroatoms. The molecule has 1 unspecified atom stereocenters. The first-order valence-corrected chi connectivity index (χ1v) is 6.39. The lowest BCUT2D eigenvalue weighted by atomic mass is 9.93. The van der Waals surface area contributed by atoms with Gasteiger partial charge in [-0.15, -0.1) is 0 Å². The first-order chi connectivity index (χ1) is 8.72. The molecule has 0 spiro atoms. The van der Waals surface area contributed by atoms with Gasteiger partial charge in [-0.2, -0.15) is 4.98 Å². The highest BCUT2D eigenvalue weighted by molar-refractivity contribution is 5.04. The van der Waals surface area contributed by atoms with E-state index >= 15 is 0 Å². The molecule has 0 saturated carbocycles. The largest absolute Gasteiger partial charge is 0.381 e. The smallest absolute Gasteiger partial charge is 0.229 e. The Balaban J connectivity index is 2.16. The highest BCUT2D eigenvalue weighted by atomic mass is 16.5. The van der Waals surface area contributed by atoms with Gasteiger partial charge in [0.05, 0.1) is 0 Å². The molecule has 2 rings (SSSR count). The molecule has 1 aromatic rings. The molecule has 1 aliphatic heterocycles. The zero-order valence-electron chi connectivity index (χ0n) is 11.0. The Labute approximate surface area is 107 Å². The molecule has 1 aromatic heterocycles. The van der Waals surface area contributed by atoms with Gasteiger partial charge in [-0.25, -0.2) is 0 Å². The Morgan fingerprint density at radius 2 is 2.17 bits per heavy atom. The van der Waals surface area contributed by atoms with Crippen molar-refractivity contribution in [3.8, 4) is 0 Å². The van der Waals surface area contributed by atoms with Gasteiger partial charge < -0.3 is 19.7 Å². The van der Waals surface area contributed by atoms with Crippen LogP contribution in [0, 0.1) is 0 Å². The van der Waals surface area contributed by atoms with Crippen molar-refractivity contribution >= 4 is 0 Å². The van der Waals surface area contributed by atoms with Gasteiger partial charge in [-0.3, -0.25) is 0 Å². The van der Waals surface area contributed by atoms with E-state index in [0.717, 1.165) is 19.3 Å². The molecular weight excluding hydrogens is 234 g/mol. The quantitative estimate of drug-likeness (QED) is 0.850. The SMILES string of the molecule is COC1(c2noc(C(C)CCN)n2)CCOCC1. The average Bonchev–Trinajstić information content (AvgIpc) is 2.90. The maximum Gasteiger partial charge on any atom is 0.229 e. The summed E-state index contributed by atoms with van der Waals surface area (Å²) in [5, 5.41) is 4.08. The van der Waals surface area contributed by atoms with Crippen LogP contribution in [0.25, 0.3) is 0 Å². The fourth-order valence-electron chi connectivity index (χ4n) is 2.21. The highest BCUT2D eigenvalue weighted by Crippen LogP contribution is 2.34. The van der Waals surface area contributed by atoms with E-state index in [-0.39, 0.29) is 5.92 Å². The molecule has 0 aliphatic carbocycles. The fourth-order valence-corrected chi connectivity index (χ4v) is 2.21. The normalized spacial score (nSPS) is 20.8. The van der Waals surface area contributed by atoms with E-state index in [0.29, 0.717) is 31.5 Å². The molecule has 2 heterocycles. The monoisotopic (exact) mass is 255 g/mol. The molecule has 0 bridgehead atoms. The summed E-state index contributed by atoms with van der Waals surface area (Å²) in [5.41, 5.74) is 5.08. The standard InChI is InChI=1S/C12H21N3O3/c1-9(3-6-13)10-14-11(15-18-10)12(16-2)4-7-17-8-5-12/h9H,3-8,13H2,1-2H3. The third-order valence-electron chi connectivity index (χ3n) is 3.56. The Bertz CT molecular complexity index is 374. The molecule has 102 valence electrons. The van der Waals surface area contributed by atoms with Crippen molar-refractivity contribution in [1.82, 2.24) is 10.1 Å². The summed E-state index contributed by atoms with van der Waals surface area (Å²) in [4.78, 5) is 4.48. The van der Waals surface area contributed by atoms with Crippen LogP contribution >= 0.6 is 0 Å². The summed E-state index contributed by atoms with van der Waals surface area (Å²) >= 11 is 0. The number of ether oxygens (including phenoxy) is 2. The summed E-state index contributed by atoms with van der Waals surface area (Å²) in [6.07, 6.45) is 2.35. The van der Waals surface area contributed by atoms with E-state index < -0.39 is 5.60 Å². The summed E-state index contributed by atoms with van der Waals surface area (Å²) in [7, 11) is 1.69. The molecular formula is C12H21N3O3. The van der Waals surface area contributed by atoms with Crippen LogP contribution < -0.4 is 5.73 Å². The molecule has 18 heavy (non-hydrogen) atoms. The lowest BCUT2D eigenvalue weighted by Crippen LogP contribution is -2.36. The van der Waals surface area contributed by atoms with E-state index in [1.54, 1.807) is 7.11 Å². The third kappa shape index (κ3) is 2.55. The van der Waals surface area contributed by atoms with E-state index in [1.165, 1.54) is 0 Å². The first kappa shape index (κ1) is 13.5. The molecule has 0 radical (unpaired) electrons. The maximum absolute atomic E-state index is 5.63. The molecule has 0 aromatic carbocycles. The van der Waals surface area contributed by atoms with E-state index in [4.69, 9.17) is 19.7 Å². The Morgan fingerprint density at radius 3 is 2.78 bits per heavy atom. The summed E-state index contributed by atoms with van der Waals surface area (Å²) in [6.45, 7) is 3.97. The van der Waals surface area contributed by atoms with Crippen LogP contribution in [0.5, 0.6) is 0 Å². The third-order valence-corrected chi connectivity index (χ3v) is 3.56. The van der Waals surface area contributed by atoms with Crippen LogP contribution in [-0.4, -0.2) is 37.0 Å². The van der Waals surface area contributed by atoms with Gasteiger partial charge in [0, 0.05) is 39.1 Å². The average molecular weight is 255 g/mol. The minimum absolute atomic E-state index is 0.185. The minimum atomic E-state index is -0.456. The van der Waals surface area contributed by atoms with Crippen molar-refractivity contribution in [2.24, 2.45) is 5.73 Å². The van der Waals surface area contributed by atoms with Crippen LogP contribution in [0.3, 0.4) is 0 Å². The Hall–Kier alpha value is -0.980. The van der Waals surface area contributed by atoms with Crippen molar-refractivity contribution in [2.75, 3.05) is 26.9 Å². The molecule has 1 saturated heterocycles. The zero-order valence-corrected chi connectivity index (χ0v) is 11.0. The van der Waals surface area contributed by atoms with E-state index in [2.05, 4.69) is 10.1 Å². The zero-order chi connectivity index (χ0) is 13.0.